The van der Waals surface area contributed by atoms with E-state index in [1.165, 1.54) is 11.2 Å². The molecule has 8 heteroatoms. The molecule has 2 saturated heterocycles. The van der Waals surface area contributed by atoms with Crippen molar-refractivity contribution < 1.29 is 28.6 Å². The minimum absolute atomic E-state index is 0.0187. The molecule has 0 aliphatic carbocycles. The average Bonchev–Trinajstić information content (AvgIpc) is 3.40. The number of hydrogen-bond acceptors (Lipinski definition) is 7. The lowest BCUT2D eigenvalue weighted by Crippen LogP contribution is -2.42. The second-order valence-electron chi connectivity index (χ2n) is 8.15. The molecular formula is C24H28N2O6. The highest BCUT2D eigenvalue weighted by atomic mass is 16.5. The Morgan fingerprint density at radius 2 is 1.84 bits per heavy atom. The van der Waals surface area contributed by atoms with E-state index < -0.39 is 17.7 Å². The van der Waals surface area contributed by atoms with Crippen molar-refractivity contribution >= 4 is 17.4 Å². The smallest absolute Gasteiger partial charge is 0.295 e. The predicted molar refractivity (Wildman–Crippen MR) is 117 cm³/mol. The average molecular weight is 440 g/mol. The van der Waals surface area contributed by atoms with E-state index in [-0.39, 0.29) is 17.4 Å². The molecule has 2 aliphatic rings. The van der Waals surface area contributed by atoms with Crippen molar-refractivity contribution in [2.45, 2.75) is 26.0 Å². The number of aliphatic hydroxyl groups excluding tert-OH is 1. The van der Waals surface area contributed by atoms with Crippen molar-refractivity contribution in [3.05, 3.63) is 59.6 Å². The first-order valence-electron chi connectivity index (χ1n) is 10.8. The lowest BCUT2D eigenvalue weighted by Gasteiger charge is -2.30. The molecule has 0 bridgehead atoms. The molecule has 170 valence electrons. The monoisotopic (exact) mass is 440 g/mol. The molecule has 0 spiro atoms. The van der Waals surface area contributed by atoms with E-state index in [1.807, 2.05) is 13.8 Å². The number of ketones is 1. The SMILES string of the molecule is CC(C)Oc1ccc(C(O)=C2C(=O)C(=O)N(CCN3CCOCC3)[C@@H]2c2ccco2)cc1. The molecule has 1 amide bonds. The summed E-state index contributed by atoms with van der Waals surface area (Å²) in [5.41, 5.74) is 0.466. The van der Waals surface area contributed by atoms with Gasteiger partial charge in [0.25, 0.3) is 11.7 Å². The molecule has 1 N–H and O–H groups in total. The molecule has 1 atom stereocenters. The number of amides is 1. The lowest BCUT2D eigenvalue weighted by molar-refractivity contribution is -0.140. The molecule has 8 nitrogen and oxygen atoms in total. The first kappa shape index (κ1) is 22.1. The van der Waals surface area contributed by atoms with Crippen molar-refractivity contribution in [2.24, 2.45) is 0 Å². The molecule has 1 aromatic carbocycles. The van der Waals surface area contributed by atoms with Gasteiger partial charge < -0.3 is 23.9 Å². The minimum atomic E-state index is -0.780. The highest BCUT2D eigenvalue weighted by molar-refractivity contribution is 6.46. The molecule has 2 aliphatic heterocycles. The molecule has 32 heavy (non-hydrogen) atoms. The Morgan fingerprint density at radius 1 is 1.12 bits per heavy atom. The summed E-state index contributed by atoms with van der Waals surface area (Å²) in [6.07, 6.45) is 1.51. The van der Waals surface area contributed by atoms with Gasteiger partial charge in [0, 0.05) is 31.7 Å². The van der Waals surface area contributed by atoms with Crippen LogP contribution in [0.5, 0.6) is 5.75 Å². The zero-order valence-corrected chi connectivity index (χ0v) is 18.3. The van der Waals surface area contributed by atoms with Crippen molar-refractivity contribution in [3.8, 4) is 5.75 Å². The topological polar surface area (TPSA) is 92.5 Å². The molecule has 0 saturated carbocycles. The van der Waals surface area contributed by atoms with Crippen molar-refractivity contribution in [1.29, 1.82) is 0 Å². The van der Waals surface area contributed by atoms with Crippen LogP contribution in [-0.2, 0) is 14.3 Å². The summed E-state index contributed by atoms with van der Waals surface area (Å²) in [6, 6.07) is 9.44. The van der Waals surface area contributed by atoms with Gasteiger partial charge in [-0.2, -0.15) is 0 Å². The van der Waals surface area contributed by atoms with Gasteiger partial charge in [-0.15, -0.1) is 0 Å². The summed E-state index contributed by atoms with van der Waals surface area (Å²) in [6.45, 7) is 7.65. The van der Waals surface area contributed by atoms with E-state index in [0.717, 1.165) is 13.1 Å². The maximum absolute atomic E-state index is 13.0. The summed E-state index contributed by atoms with van der Waals surface area (Å²) in [5, 5.41) is 11.1. The number of ether oxygens (including phenoxy) is 2. The van der Waals surface area contributed by atoms with Gasteiger partial charge in [-0.1, -0.05) is 0 Å². The highest BCUT2D eigenvalue weighted by Crippen LogP contribution is 2.39. The summed E-state index contributed by atoms with van der Waals surface area (Å²) >= 11 is 0. The Hall–Kier alpha value is -3.10. The van der Waals surface area contributed by atoms with Gasteiger partial charge in [-0.25, -0.2) is 0 Å². The number of likely N-dealkylation sites (tertiary alicyclic amines) is 1. The number of hydrogen-bond donors (Lipinski definition) is 1. The fourth-order valence-electron chi connectivity index (χ4n) is 4.05. The zero-order chi connectivity index (χ0) is 22.7. The van der Waals surface area contributed by atoms with Crippen molar-refractivity contribution in [2.75, 3.05) is 39.4 Å². The third kappa shape index (κ3) is 4.56. The number of benzene rings is 1. The van der Waals surface area contributed by atoms with Crippen LogP contribution in [0.15, 0.2) is 52.7 Å². The van der Waals surface area contributed by atoms with Crippen LogP contribution in [0.4, 0.5) is 0 Å². The number of carbonyl (C=O) groups is 2. The molecular weight excluding hydrogens is 412 g/mol. The molecule has 1 aromatic heterocycles. The number of carbonyl (C=O) groups excluding carboxylic acids is 2. The van der Waals surface area contributed by atoms with Crippen LogP contribution in [0, 0.1) is 0 Å². The molecule has 2 fully saturated rings. The Kier molecular flexibility index (Phi) is 6.62. The molecule has 4 rings (SSSR count). The van der Waals surface area contributed by atoms with Gasteiger partial charge >= 0.3 is 0 Å². The number of aliphatic hydroxyl groups is 1. The molecule has 0 unspecified atom stereocenters. The van der Waals surface area contributed by atoms with Crippen molar-refractivity contribution in [3.63, 3.8) is 0 Å². The van der Waals surface area contributed by atoms with Crippen LogP contribution in [0.1, 0.15) is 31.2 Å². The maximum atomic E-state index is 13.0. The first-order valence-corrected chi connectivity index (χ1v) is 10.8. The third-order valence-corrected chi connectivity index (χ3v) is 5.61. The van der Waals surface area contributed by atoms with Gasteiger partial charge in [-0.3, -0.25) is 14.5 Å². The van der Waals surface area contributed by atoms with Crippen LogP contribution < -0.4 is 4.74 Å². The molecule has 3 heterocycles. The quantitative estimate of drug-likeness (QED) is 0.402. The number of rotatable bonds is 7. The lowest BCUT2D eigenvalue weighted by atomic mass is 9.99. The number of furan rings is 1. The number of Topliss-reactive ketones (excluding diaryl/α,β-unsaturated/α-hetero) is 1. The largest absolute Gasteiger partial charge is 0.507 e. The van der Waals surface area contributed by atoms with Gasteiger partial charge in [0.2, 0.25) is 0 Å². The fourth-order valence-corrected chi connectivity index (χ4v) is 4.05. The maximum Gasteiger partial charge on any atom is 0.295 e. The Bertz CT molecular complexity index is 974. The van der Waals surface area contributed by atoms with E-state index in [0.29, 0.717) is 43.4 Å². The molecule has 0 radical (unpaired) electrons. The Labute approximate surface area is 187 Å². The summed E-state index contributed by atoms with van der Waals surface area (Å²) in [7, 11) is 0. The standard InChI is InChI=1S/C24H28N2O6/c1-16(2)32-18-7-5-17(6-8-18)22(27)20-21(19-4-3-13-31-19)26(24(29)23(20)28)10-9-25-11-14-30-15-12-25/h3-8,13,16,21,27H,9-12,14-15H2,1-2H3/t21-/m1/s1. The summed E-state index contributed by atoms with van der Waals surface area (Å²) < 4.78 is 16.6. The van der Waals surface area contributed by atoms with E-state index in [1.54, 1.807) is 36.4 Å². The molecule has 2 aromatic rings. The minimum Gasteiger partial charge on any atom is -0.507 e. The van der Waals surface area contributed by atoms with Crippen molar-refractivity contribution in [1.82, 2.24) is 9.80 Å². The number of nitrogens with zero attached hydrogens (tertiary/aromatic N) is 2. The Balaban J connectivity index is 1.64. The normalized spacial score (nSPS) is 21.5. The van der Waals surface area contributed by atoms with Gasteiger partial charge in [0.05, 0.1) is 31.2 Å². The van der Waals surface area contributed by atoms with Crippen LogP contribution in [0.3, 0.4) is 0 Å². The van der Waals surface area contributed by atoms with Crippen LogP contribution in [-0.4, -0.2) is 72.1 Å². The second kappa shape index (κ2) is 9.58. The zero-order valence-electron chi connectivity index (χ0n) is 18.3. The third-order valence-electron chi connectivity index (χ3n) is 5.61. The van der Waals surface area contributed by atoms with Gasteiger partial charge in [0.15, 0.2) is 0 Å². The highest BCUT2D eigenvalue weighted by Gasteiger charge is 2.47. The predicted octanol–water partition coefficient (Wildman–Crippen LogP) is 2.82. The van der Waals surface area contributed by atoms with E-state index in [4.69, 9.17) is 13.9 Å². The summed E-state index contributed by atoms with van der Waals surface area (Å²) in [4.78, 5) is 29.6. The number of morpholine rings is 1. The fraction of sp³-hybridized carbons (Fsp3) is 0.417. The second-order valence-corrected chi connectivity index (χ2v) is 8.15. The van der Waals surface area contributed by atoms with Crippen LogP contribution in [0.2, 0.25) is 0 Å². The van der Waals surface area contributed by atoms with Gasteiger partial charge in [-0.05, 0) is 50.2 Å². The van der Waals surface area contributed by atoms with Gasteiger partial charge in [0.1, 0.15) is 23.3 Å². The van der Waals surface area contributed by atoms with E-state index >= 15 is 0 Å². The Morgan fingerprint density at radius 3 is 2.47 bits per heavy atom. The summed E-state index contributed by atoms with van der Waals surface area (Å²) in [5.74, 6) is -0.485. The first-order chi connectivity index (χ1) is 15.5. The van der Waals surface area contributed by atoms with Crippen LogP contribution >= 0.6 is 0 Å². The van der Waals surface area contributed by atoms with Crippen LogP contribution in [0.25, 0.3) is 5.76 Å². The van der Waals surface area contributed by atoms with E-state index in [9.17, 15) is 14.7 Å². The van der Waals surface area contributed by atoms with E-state index in [2.05, 4.69) is 4.90 Å².